The first-order chi connectivity index (χ1) is 11.0. The molecule has 1 aromatic rings. The molecule has 2 atom stereocenters. The Balaban J connectivity index is 1.98. The number of nitro benzene ring substituents is 1. The molecule has 1 N–H and O–H groups in total. The molecule has 0 bridgehead atoms. The first-order valence-corrected chi connectivity index (χ1v) is 6.49. The van der Waals surface area contributed by atoms with Gasteiger partial charge in [-0.05, 0) is 6.07 Å². The van der Waals surface area contributed by atoms with Gasteiger partial charge in [0, 0.05) is 12.1 Å². The maximum absolute atomic E-state index is 12.5. The van der Waals surface area contributed by atoms with Crippen LogP contribution in [-0.2, 0) is 19.1 Å². The molecule has 3 rings (SSSR count). The van der Waals surface area contributed by atoms with Crippen molar-refractivity contribution in [2.45, 2.75) is 6.04 Å². The van der Waals surface area contributed by atoms with Crippen molar-refractivity contribution in [3.8, 4) is 0 Å². The van der Waals surface area contributed by atoms with Gasteiger partial charge in [0.1, 0.15) is 12.0 Å². The number of hydrazone groups is 1. The SMILES string of the molecule is COC(=O)C1=NN[C@H]2C(=O)N(c3cccc([N+](=O)[O-])c3)C(=O)[C@@H]12. The molecule has 2 amide bonds. The minimum atomic E-state index is -1.10. The summed E-state index contributed by atoms with van der Waals surface area (Å²) < 4.78 is 4.54. The third kappa shape index (κ3) is 2.11. The summed E-state index contributed by atoms with van der Waals surface area (Å²) in [7, 11) is 1.14. The van der Waals surface area contributed by atoms with Crippen molar-refractivity contribution in [2.75, 3.05) is 12.0 Å². The predicted molar refractivity (Wildman–Crippen MR) is 75.5 cm³/mol. The van der Waals surface area contributed by atoms with Crippen LogP contribution in [0, 0.1) is 16.0 Å². The van der Waals surface area contributed by atoms with Crippen molar-refractivity contribution in [1.29, 1.82) is 0 Å². The molecule has 0 aromatic heterocycles. The number of nitrogens with one attached hydrogen (secondary N) is 1. The van der Waals surface area contributed by atoms with Crippen LogP contribution in [0.5, 0.6) is 0 Å². The molecule has 0 spiro atoms. The zero-order chi connectivity index (χ0) is 16.7. The van der Waals surface area contributed by atoms with Crippen molar-refractivity contribution in [3.05, 3.63) is 34.4 Å². The Hall–Kier alpha value is -3.30. The lowest BCUT2D eigenvalue weighted by Crippen LogP contribution is -2.36. The summed E-state index contributed by atoms with van der Waals surface area (Å²) in [4.78, 5) is 47.5. The summed E-state index contributed by atoms with van der Waals surface area (Å²) in [5, 5.41) is 14.5. The Bertz CT molecular complexity index is 773. The third-order valence-corrected chi connectivity index (χ3v) is 3.62. The number of nitro groups is 1. The van der Waals surface area contributed by atoms with Crippen molar-refractivity contribution in [3.63, 3.8) is 0 Å². The second-order valence-electron chi connectivity index (χ2n) is 4.86. The van der Waals surface area contributed by atoms with Gasteiger partial charge < -0.3 is 4.74 Å². The van der Waals surface area contributed by atoms with Crippen LogP contribution in [0.25, 0.3) is 0 Å². The maximum atomic E-state index is 12.5. The van der Waals surface area contributed by atoms with E-state index in [2.05, 4.69) is 15.3 Å². The Labute approximate surface area is 128 Å². The van der Waals surface area contributed by atoms with Gasteiger partial charge in [-0.25, -0.2) is 9.69 Å². The smallest absolute Gasteiger partial charge is 0.355 e. The van der Waals surface area contributed by atoms with Gasteiger partial charge in [-0.1, -0.05) is 6.07 Å². The van der Waals surface area contributed by atoms with Crippen LogP contribution in [0.1, 0.15) is 0 Å². The molecular formula is C13H10N4O6. The Morgan fingerprint density at radius 1 is 1.39 bits per heavy atom. The number of imide groups is 1. The topological polar surface area (TPSA) is 131 Å². The van der Waals surface area contributed by atoms with E-state index in [4.69, 9.17) is 0 Å². The molecule has 10 nitrogen and oxygen atoms in total. The minimum absolute atomic E-state index is 0.0645. The van der Waals surface area contributed by atoms with Crippen molar-refractivity contribution < 1.29 is 24.0 Å². The first-order valence-electron chi connectivity index (χ1n) is 6.49. The molecule has 10 heteroatoms. The largest absolute Gasteiger partial charge is 0.464 e. The number of methoxy groups -OCH3 is 1. The zero-order valence-electron chi connectivity index (χ0n) is 11.8. The van der Waals surface area contributed by atoms with Crippen LogP contribution < -0.4 is 10.3 Å². The number of carbonyl (C=O) groups excluding carboxylic acids is 3. The summed E-state index contributed by atoms with van der Waals surface area (Å²) in [6.45, 7) is 0. The van der Waals surface area contributed by atoms with Crippen LogP contribution >= 0.6 is 0 Å². The number of non-ortho nitro benzene ring substituents is 1. The molecule has 1 fully saturated rings. The van der Waals surface area contributed by atoms with E-state index >= 15 is 0 Å². The highest BCUT2D eigenvalue weighted by molar-refractivity contribution is 6.46. The fourth-order valence-corrected chi connectivity index (χ4v) is 2.56. The summed E-state index contributed by atoms with van der Waals surface area (Å²) in [6, 6.07) is 4.11. The van der Waals surface area contributed by atoms with Gasteiger partial charge in [-0.15, -0.1) is 0 Å². The van der Waals surface area contributed by atoms with Gasteiger partial charge >= 0.3 is 5.97 Å². The lowest BCUT2D eigenvalue weighted by atomic mass is 9.99. The van der Waals surface area contributed by atoms with E-state index in [-0.39, 0.29) is 17.1 Å². The quantitative estimate of drug-likeness (QED) is 0.346. The van der Waals surface area contributed by atoms with Gasteiger partial charge in [0.15, 0.2) is 5.71 Å². The molecule has 23 heavy (non-hydrogen) atoms. The first kappa shape index (κ1) is 14.6. The zero-order valence-corrected chi connectivity index (χ0v) is 11.8. The Kier molecular flexibility index (Phi) is 3.28. The predicted octanol–water partition coefficient (Wildman–Crippen LogP) is -0.415. The van der Waals surface area contributed by atoms with Gasteiger partial charge in [0.05, 0.1) is 17.7 Å². The van der Waals surface area contributed by atoms with Gasteiger partial charge in [0.25, 0.3) is 11.6 Å². The molecule has 0 aliphatic carbocycles. The van der Waals surface area contributed by atoms with Gasteiger partial charge in [0.2, 0.25) is 5.91 Å². The minimum Gasteiger partial charge on any atom is -0.464 e. The van der Waals surface area contributed by atoms with Gasteiger partial charge in [-0.3, -0.25) is 25.1 Å². The van der Waals surface area contributed by atoms with Crippen molar-refractivity contribution >= 4 is 34.9 Å². The molecule has 0 saturated carbocycles. The van der Waals surface area contributed by atoms with Crippen molar-refractivity contribution in [1.82, 2.24) is 5.43 Å². The molecule has 1 aromatic carbocycles. The Morgan fingerprint density at radius 2 is 2.13 bits per heavy atom. The number of fused-ring (bicyclic) bond motifs is 1. The van der Waals surface area contributed by atoms with Crippen LogP contribution in [0.15, 0.2) is 29.4 Å². The number of nitrogens with zero attached hydrogens (tertiary/aromatic N) is 3. The standard InChI is InChI=1S/C13H10N4O6/c1-23-13(20)10-8-9(14-15-10)12(19)16(11(8)18)6-3-2-4-7(5-6)17(21)22/h2-5,8-9,14H,1H3/t8-,9-/m1/s1. The summed E-state index contributed by atoms with van der Waals surface area (Å²) in [5.41, 5.74) is 2.06. The second-order valence-corrected chi connectivity index (χ2v) is 4.86. The second kappa shape index (κ2) is 5.16. The van der Waals surface area contributed by atoms with Crippen LogP contribution in [0.3, 0.4) is 0 Å². The number of amides is 2. The van der Waals surface area contributed by atoms with E-state index in [1.165, 1.54) is 18.2 Å². The molecule has 2 heterocycles. The van der Waals surface area contributed by atoms with E-state index in [0.29, 0.717) is 0 Å². The number of anilines is 1. The van der Waals surface area contributed by atoms with Crippen LogP contribution in [-0.4, -0.2) is 41.6 Å². The lowest BCUT2D eigenvalue weighted by Gasteiger charge is -2.15. The highest BCUT2D eigenvalue weighted by Gasteiger charge is 2.55. The molecule has 1 saturated heterocycles. The van der Waals surface area contributed by atoms with E-state index < -0.39 is 34.7 Å². The number of carbonyl (C=O) groups is 3. The summed E-state index contributed by atoms with van der Waals surface area (Å²) >= 11 is 0. The maximum Gasteiger partial charge on any atom is 0.355 e. The van der Waals surface area contributed by atoms with E-state index in [0.717, 1.165) is 18.1 Å². The Morgan fingerprint density at radius 3 is 2.78 bits per heavy atom. The van der Waals surface area contributed by atoms with Crippen LogP contribution in [0.2, 0.25) is 0 Å². The average molecular weight is 318 g/mol. The van der Waals surface area contributed by atoms with Crippen molar-refractivity contribution in [2.24, 2.45) is 11.0 Å². The van der Waals surface area contributed by atoms with E-state index in [1.54, 1.807) is 0 Å². The molecule has 118 valence electrons. The average Bonchev–Trinajstić information content (AvgIpc) is 3.08. The highest BCUT2D eigenvalue weighted by Crippen LogP contribution is 2.32. The van der Waals surface area contributed by atoms with E-state index in [9.17, 15) is 24.5 Å². The molecule has 2 aliphatic rings. The third-order valence-electron chi connectivity index (χ3n) is 3.62. The molecule has 2 aliphatic heterocycles. The number of ether oxygens (including phenoxy) is 1. The van der Waals surface area contributed by atoms with E-state index in [1.807, 2.05) is 0 Å². The lowest BCUT2D eigenvalue weighted by molar-refractivity contribution is -0.384. The number of rotatable bonds is 3. The fraction of sp³-hybridized carbons (Fsp3) is 0.231. The number of hydrogen-bond donors (Lipinski definition) is 1. The monoisotopic (exact) mass is 318 g/mol. The molecule has 0 radical (unpaired) electrons. The van der Waals surface area contributed by atoms with Gasteiger partial charge in [-0.2, -0.15) is 5.10 Å². The fourth-order valence-electron chi connectivity index (χ4n) is 2.56. The number of benzene rings is 1. The van der Waals surface area contributed by atoms with Crippen LogP contribution in [0.4, 0.5) is 11.4 Å². The molecular weight excluding hydrogens is 308 g/mol. The summed E-state index contributed by atoms with van der Waals surface area (Å²) in [6.07, 6.45) is 0. The number of esters is 1. The number of hydrogen-bond acceptors (Lipinski definition) is 8. The normalized spacial score (nSPS) is 22.5. The summed E-state index contributed by atoms with van der Waals surface area (Å²) in [5.74, 6) is -3.24. The highest BCUT2D eigenvalue weighted by atomic mass is 16.6. The molecule has 0 unspecified atom stereocenters.